The maximum atomic E-state index is 12.9. The van der Waals surface area contributed by atoms with Gasteiger partial charge in [-0.1, -0.05) is 18.2 Å². The van der Waals surface area contributed by atoms with E-state index in [0.29, 0.717) is 6.54 Å². The molecule has 3 aromatic rings. The Morgan fingerprint density at radius 2 is 2.11 bits per heavy atom. The quantitative estimate of drug-likeness (QED) is 0.610. The lowest BCUT2D eigenvalue weighted by molar-refractivity contribution is -0.132. The molecule has 0 aliphatic carbocycles. The van der Waals surface area contributed by atoms with Crippen LogP contribution in [0.5, 0.6) is 5.75 Å². The third-order valence-corrected chi connectivity index (χ3v) is 5.39. The Bertz CT molecular complexity index is 895. The van der Waals surface area contributed by atoms with Gasteiger partial charge >= 0.3 is 0 Å². The highest BCUT2D eigenvalue weighted by Crippen LogP contribution is 2.26. The van der Waals surface area contributed by atoms with Gasteiger partial charge in [0.15, 0.2) is 0 Å². The topological polar surface area (TPSA) is 55.3 Å². The summed E-state index contributed by atoms with van der Waals surface area (Å²) in [5, 5.41) is 2.77. The zero-order valence-corrected chi connectivity index (χ0v) is 16.6. The average molecular weight is 382 g/mol. The summed E-state index contributed by atoms with van der Waals surface area (Å²) in [6.45, 7) is 4.67. The summed E-state index contributed by atoms with van der Waals surface area (Å²) in [6, 6.07) is 13.5. The van der Waals surface area contributed by atoms with Gasteiger partial charge in [0, 0.05) is 18.1 Å². The minimum absolute atomic E-state index is 0.0357. The summed E-state index contributed by atoms with van der Waals surface area (Å²) >= 11 is 1.51. The molecule has 0 spiro atoms. The van der Waals surface area contributed by atoms with Crippen LogP contribution in [0.1, 0.15) is 31.1 Å². The summed E-state index contributed by atoms with van der Waals surface area (Å²) in [4.78, 5) is 23.7. The van der Waals surface area contributed by atoms with E-state index in [1.165, 1.54) is 11.3 Å². The standard InChI is InChI=1S/C21H23N3O2S/c1-4-24(15(2)16-8-7-9-18(12-16)26-3)20(25)13-17-14-27-21(23-17)19-10-5-6-11-22-19/h5-12,14-15H,4,13H2,1-3H3. The lowest BCUT2D eigenvalue weighted by atomic mass is 10.1. The van der Waals surface area contributed by atoms with Crippen molar-refractivity contribution in [1.29, 1.82) is 0 Å². The van der Waals surface area contributed by atoms with E-state index in [4.69, 9.17) is 4.74 Å². The Labute approximate surface area is 163 Å². The molecule has 2 aromatic heterocycles. The fourth-order valence-corrected chi connectivity index (χ4v) is 3.79. The van der Waals surface area contributed by atoms with Crippen molar-refractivity contribution in [3.8, 4) is 16.5 Å². The van der Waals surface area contributed by atoms with Crippen molar-refractivity contribution in [1.82, 2.24) is 14.9 Å². The molecule has 0 saturated carbocycles. The normalized spacial score (nSPS) is 11.8. The predicted molar refractivity (Wildman–Crippen MR) is 108 cm³/mol. The second-order valence-corrected chi connectivity index (χ2v) is 7.03. The first kappa shape index (κ1) is 19.0. The van der Waals surface area contributed by atoms with Crippen LogP contribution in [0.15, 0.2) is 54.0 Å². The molecule has 1 amide bonds. The molecule has 0 bridgehead atoms. The van der Waals surface area contributed by atoms with Gasteiger partial charge in [-0.25, -0.2) is 4.98 Å². The van der Waals surface area contributed by atoms with Crippen LogP contribution in [0, 0.1) is 0 Å². The summed E-state index contributed by atoms with van der Waals surface area (Å²) in [5.74, 6) is 0.855. The maximum absolute atomic E-state index is 12.9. The summed E-state index contributed by atoms with van der Waals surface area (Å²) in [7, 11) is 1.65. The number of aromatic nitrogens is 2. The van der Waals surface area contributed by atoms with Crippen LogP contribution in [0.25, 0.3) is 10.7 Å². The van der Waals surface area contributed by atoms with Crippen LogP contribution in [0.3, 0.4) is 0 Å². The number of carbonyl (C=O) groups excluding carboxylic acids is 1. The van der Waals surface area contributed by atoms with Crippen molar-refractivity contribution in [3.05, 3.63) is 65.3 Å². The number of hydrogen-bond acceptors (Lipinski definition) is 5. The van der Waals surface area contributed by atoms with Crippen LogP contribution in [0.2, 0.25) is 0 Å². The molecule has 3 rings (SSSR count). The number of likely N-dealkylation sites (N-methyl/N-ethyl adjacent to an activating group) is 1. The SMILES string of the molecule is CCN(C(=O)Cc1csc(-c2ccccn2)n1)C(C)c1cccc(OC)c1. The number of ether oxygens (including phenoxy) is 1. The molecule has 6 heteroatoms. The molecule has 27 heavy (non-hydrogen) atoms. The van der Waals surface area contributed by atoms with Crippen molar-refractivity contribution in [2.75, 3.05) is 13.7 Å². The molecule has 0 radical (unpaired) electrons. The molecule has 0 aliphatic rings. The first-order valence-electron chi connectivity index (χ1n) is 8.91. The zero-order valence-electron chi connectivity index (χ0n) is 15.8. The van der Waals surface area contributed by atoms with Gasteiger partial charge < -0.3 is 9.64 Å². The first-order chi connectivity index (χ1) is 13.1. The second kappa shape index (κ2) is 8.77. The first-order valence-corrected chi connectivity index (χ1v) is 9.79. The Morgan fingerprint density at radius 1 is 1.26 bits per heavy atom. The fourth-order valence-electron chi connectivity index (χ4n) is 3.00. The number of methoxy groups -OCH3 is 1. The van der Waals surface area contributed by atoms with Crippen molar-refractivity contribution in [2.24, 2.45) is 0 Å². The molecule has 0 N–H and O–H groups in total. The number of rotatable bonds is 7. The molecule has 140 valence electrons. The molecule has 0 fully saturated rings. The Hall–Kier alpha value is -2.73. The summed E-state index contributed by atoms with van der Waals surface area (Å²) in [6.07, 6.45) is 2.03. The number of nitrogens with zero attached hydrogens (tertiary/aromatic N) is 3. The summed E-state index contributed by atoms with van der Waals surface area (Å²) < 4.78 is 5.30. The van der Waals surface area contributed by atoms with Crippen molar-refractivity contribution in [2.45, 2.75) is 26.3 Å². The van der Waals surface area contributed by atoms with Gasteiger partial charge in [-0.3, -0.25) is 9.78 Å². The lowest BCUT2D eigenvalue weighted by Crippen LogP contribution is -2.34. The highest BCUT2D eigenvalue weighted by Gasteiger charge is 2.21. The van der Waals surface area contributed by atoms with Crippen LogP contribution in [0.4, 0.5) is 0 Å². The Kier molecular flexibility index (Phi) is 6.19. The molecule has 0 aliphatic heterocycles. The molecule has 0 saturated heterocycles. The number of amides is 1. The third kappa shape index (κ3) is 4.52. The molecule has 1 unspecified atom stereocenters. The van der Waals surface area contributed by atoms with Crippen LogP contribution in [-0.4, -0.2) is 34.4 Å². The second-order valence-electron chi connectivity index (χ2n) is 6.17. The minimum Gasteiger partial charge on any atom is -0.497 e. The lowest BCUT2D eigenvalue weighted by Gasteiger charge is -2.28. The molecule has 5 nitrogen and oxygen atoms in total. The van der Waals surface area contributed by atoms with Crippen LogP contribution < -0.4 is 4.74 Å². The van der Waals surface area contributed by atoms with E-state index in [-0.39, 0.29) is 18.4 Å². The van der Waals surface area contributed by atoms with Gasteiger partial charge in [-0.05, 0) is 43.7 Å². The van der Waals surface area contributed by atoms with Crippen molar-refractivity contribution in [3.63, 3.8) is 0 Å². The molecule has 1 aromatic carbocycles. The van der Waals surface area contributed by atoms with Crippen LogP contribution >= 0.6 is 11.3 Å². The Morgan fingerprint density at radius 3 is 2.81 bits per heavy atom. The number of thiazole rings is 1. The highest BCUT2D eigenvalue weighted by atomic mass is 32.1. The van der Waals surface area contributed by atoms with Gasteiger partial charge in [0.25, 0.3) is 0 Å². The molecule has 1 atom stereocenters. The smallest absolute Gasteiger partial charge is 0.229 e. The van der Waals surface area contributed by atoms with Crippen molar-refractivity contribution >= 4 is 17.2 Å². The van der Waals surface area contributed by atoms with Gasteiger partial charge in [-0.15, -0.1) is 11.3 Å². The van der Waals surface area contributed by atoms with E-state index in [2.05, 4.69) is 9.97 Å². The van der Waals surface area contributed by atoms with E-state index < -0.39 is 0 Å². The molecule has 2 heterocycles. The molecular formula is C21H23N3O2S. The number of hydrogen-bond donors (Lipinski definition) is 0. The maximum Gasteiger partial charge on any atom is 0.229 e. The summed E-state index contributed by atoms with van der Waals surface area (Å²) in [5.41, 5.74) is 2.66. The van der Waals surface area contributed by atoms with Gasteiger partial charge in [0.2, 0.25) is 5.91 Å². The van der Waals surface area contributed by atoms with Gasteiger partial charge in [0.05, 0.1) is 31.0 Å². The van der Waals surface area contributed by atoms with Gasteiger partial charge in [0.1, 0.15) is 10.8 Å². The zero-order chi connectivity index (χ0) is 19.2. The number of benzene rings is 1. The highest BCUT2D eigenvalue weighted by molar-refractivity contribution is 7.13. The average Bonchev–Trinajstić information content (AvgIpc) is 3.17. The largest absolute Gasteiger partial charge is 0.497 e. The predicted octanol–water partition coefficient (Wildman–Crippen LogP) is 4.37. The number of pyridine rings is 1. The minimum atomic E-state index is -0.0357. The van der Waals surface area contributed by atoms with E-state index in [0.717, 1.165) is 27.7 Å². The van der Waals surface area contributed by atoms with E-state index in [1.54, 1.807) is 13.3 Å². The molecular weight excluding hydrogens is 358 g/mol. The fraction of sp³-hybridized carbons (Fsp3) is 0.286. The van der Waals surface area contributed by atoms with Crippen molar-refractivity contribution < 1.29 is 9.53 Å². The number of carbonyl (C=O) groups is 1. The monoisotopic (exact) mass is 381 g/mol. The van der Waals surface area contributed by atoms with E-state index in [1.807, 2.05) is 66.6 Å². The third-order valence-electron chi connectivity index (χ3n) is 4.47. The van der Waals surface area contributed by atoms with Crippen LogP contribution in [-0.2, 0) is 11.2 Å². The Balaban J connectivity index is 1.72. The van der Waals surface area contributed by atoms with Gasteiger partial charge in [-0.2, -0.15) is 0 Å². The van der Waals surface area contributed by atoms with E-state index in [9.17, 15) is 4.79 Å². The van der Waals surface area contributed by atoms with E-state index >= 15 is 0 Å².